The number of halogens is 2. The number of hydrogen-bond donors (Lipinski definition) is 0. The first kappa shape index (κ1) is 20.4. The summed E-state index contributed by atoms with van der Waals surface area (Å²) in [5.74, 6) is 1.03. The van der Waals surface area contributed by atoms with Crippen molar-refractivity contribution < 1.29 is 9.18 Å². The third-order valence-corrected chi connectivity index (χ3v) is 5.89. The third kappa shape index (κ3) is 3.67. The van der Waals surface area contributed by atoms with Crippen molar-refractivity contribution in [3.05, 3.63) is 77.0 Å². The van der Waals surface area contributed by atoms with Crippen LogP contribution in [0.1, 0.15) is 16.2 Å². The lowest BCUT2D eigenvalue weighted by Gasteiger charge is -2.35. The second-order valence-corrected chi connectivity index (χ2v) is 8.03. The number of aryl methyl sites for hydroxylation is 1. The van der Waals surface area contributed by atoms with Crippen LogP contribution in [0.15, 0.2) is 54.7 Å². The summed E-state index contributed by atoms with van der Waals surface area (Å²) in [5.41, 5.74) is 1.90. The van der Waals surface area contributed by atoms with Gasteiger partial charge < -0.3 is 9.80 Å². The molecule has 4 aromatic rings. The normalized spacial score (nSPS) is 14.2. The zero-order valence-electron chi connectivity index (χ0n) is 17.4. The van der Waals surface area contributed by atoms with Crippen LogP contribution >= 0.6 is 11.6 Å². The summed E-state index contributed by atoms with van der Waals surface area (Å²) < 4.78 is 15.0. The van der Waals surface area contributed by atoms with Crippen LogP contribution in [0.3, 0.4) is 0 Å². The molecule has 162 valence electrons. The Labute approximate surface area is 189 Å². The lowest BCUT2D eigenvalue weighted by Crippen LogP contribution is -2.49. The molecule has 0 unspecified atom stereocenters. The number of carbonyl (C=O) groups excluding carboxylic acids is 1. The summed E-state index contributed by atoms with van der Waals surface area (Å²) in [7, 11) is 0. The Kier molecular flexibility index (Phi) is 5.22. The number of rotatable bonds is 3. The first-order valence-corrected chi connectivity index (χ1v) is 10.7. The highest BCUT2D eigenvalue weighted by molar-refractivity contribution is 6.33. The van der Waals surface area contributed by atoms with Crippen molar-refractivity contribution in [1.29, 1.82) is 0 Å². The minimum atomic E-state index is -0.305. The van der Waals surface area contributed by atoms with Crippen LogP contribution in [0.2, 0.25) is 5.02 Å². The van der Waals surface area contributed by atoms with Gasteiger partial charge in [-0.3, -0.25) is 4.79 Å². The van der Waals surface area contributed by atoms with Crippen LogP contribution < -0.4 is 4.90 Å². The van der Waals surface area contributed by atoms with Gasteiger partial charge in [0.25, 0.3) is 5.91 Å². The van der Waals surface area contributed by atoms with Crippen molar-refractivity contribution >= 4 is 34.4 Å². The Morgan fingerprint density at radius 2 is 1.72 bits per heavy atom. The fraction of sp³-hybridized carbons (Fsp3) is 0.217. The van der Waals surface area contributed by atoms with Crippen molar-refractivity contribution in [3.63, 3.8) is 0 Å². The zero-order chi connectivity index (χ0) is 22.2. The topological polar surface area (TPSA) is 67.2 Å². The van der Waals surface area contributed by atoms with Crippen LogP contribution in [0.5, 0.6) is 0 Å². The number of piperazine rings is 1. The van der Waals surface area contributed by atoms with E-state index in [-0.39, 0.29) is 11.7 Å². The van der Waals surface area contributed by atoms with Gasteiger partial charge in [-0.15, -0.1) is 0 Å². The van der Waals surface area contributed by atoms with Crippen molar-refractivity contribution in [1.82, 2.24) is 24.6 Å². The van der Waals surface area contributed by atoms with Crippen LogP contribution in [0.4, 0.5) is 10.2 Å². The maximum absolute atomic E-state index is 13.3. The average Bonchev–Trinajstić information content (AvgIpc) is 3.23. The molecule has 0 saturated carbocycles. The van der Waals surface area contributed by atoms with E-state index in [0.29, 0.717) is 48.2 Å². The Bertz CT molecular complexity index is 1300. The second-order valence-electron chi connectivity index (χ2n) is 7.62. The molecule has 1 aliphatic heterocycles. The maximum atomic E-state index is 13.3. The molecule has 0 radical (unpaired) electrons. The summed E-state index contributed by atoms with van der Waals surface area (Å²) in [6.45, 7) is 4.20. The molecular weight excluding hydrogens is 431 g/mol. The minimum absolute atomic E-state index is 0.0663. The standard InChI is InChI=1S/C23H20ClFN6O/c1-15-27-21(19-14-26-31(22(19)28-15)17-8-6-16(25)7-9-17)29-10-12-30(13-11-29)23(32)18-4-2-3-5-20(18)24/h2-9,14H,10-13H2,1H3. The molecular formula is C23H20ClFN6O. The fourth-order valence-electron chi connectivity index (χ4n) is 3.94. The SMILES string of the molecule is Cc1nc(N2CCN(C(=O)c3ccccc3Cl)CC2)c2cnn(-c3ccc(F)cc3)c2n1. The Morgan fingerprint density at radius 3 is 2.44 bits per heavy atom. The summed E-state index contributed by atoms with van der Waals surface area (Å²) in [4.78, 5) is 26.1. The predicted molar refractivity (Wildman–Crippen MR) is 121 cm³/mol. The van der Waals surface area contributed by atoms with Crippen molar-refractivity contribution in [2.45, 2.75) is 6.92 Å². The van der Waals surface area contributed by atoms with Crippen molar-refractivity contribution in [2.24, 2.45) is 0 Å². The van der Waals surface area contributed by atoms with Crippen LogP contribution in [-0.2, 0) is 0 Å². The number of anilines is 1. The molecule has 9 heteroatoms. The Hall–Kier alpha value is -3.52. The zero-order valence-corrected chi connectivity index (χ0v) is 18.1. The van der Waals surface area contributed by atoms with E-state index in [4.69, 9.17) is 11.6 Å². The average molecular weight is 451 g/mol. The van der Waals surface area contributed by atoms with E-state index in [2.05, 4.69) is 20.0 Å². The highest BCUT2D eigenvalue weighted by atomic mass is 35.5. The highest BCUT2D eigenvalue weighted by Crippen LogP contribution is 2.27. The summed E-state index contributed by atoms with van der Waals surface area (Å²) in [6.07, 6.45) is 1.73. The summed E-state index contributed by atoms with van der Waals surface area (Å²) in [5, 5.41) is 5.74. The number of nitrogens with zero attached hydrogens (tertiary/aromatic N) is 6. The third-order valence-electron chi connectivity index (χ3n) is 5.56. The molecule has 1 fully saturated rings. The van der Waals surface area contributed by atoms with Gasteiger partial charge in [0, 0.05) is 26.2 Å². The van der Waals surface area contributed by atoms with E-state index in [1.54, 1.807) is 35.1 Å². The van der Waals surface area contributed by atoms with Crippen molar-refractivity contribution in [3.8, 4) is 5.69 Å². The van der Waals surface area contributed by atoms with Gasteiger partial charge in [-0.05, 0) is 43.3 Å². The van der Waals surface area contributed by atoms with Gasteiger partial charge in [-0.1, -0.05) is 23.7 Å². The van der Waals surface area contributed by atoms with E-state index in [1.807, 2.05) is 24.0 Å². The van der Waals surface area contributed by atoms with Crippen molar-refractivity contribution in [2.75, 3.05) is 31.1 Å². The van der Waals surface area contributed by atoms with Gasteiger partial charge in [-0.25, -0.2) is 19.0 Å². The molecule has 5 rings (SSSR count). The molecule has 0 bridgehead atoms. The lowest BCUT2D eigenvalue weighted by atomic mass is 10.1. The Morgan fingerprint density at radius 1 is 1.00 bits per heavy atom. The van der Waals surface area contributed by atoms with Gasteiger partial charge in [-0.2, -0.15) is 5.10 Å². The predicted octanol–water partition coefficient (Wildman–Crippen LogP) is 3.88. The van der Waals surface area contributed by atoms with E-state index in [9.17, 15) is 9.18 Å². The van der Waals surface area contributed by atoms with Gasteiger partial charge >= 0.3 is 0 Å². The largest absolute Gasteiger partial charge is 0.352 e. The molecule has 3 heterocycles. The number of aromatic nitrogens is 4. The maximum Gasteiger partial charge on any atom is 0.255 e. The number of amides is 1. The fourth-order valence-corrected chi connectivity index (χ4v) is 4.15. The van der Waals surface area contributed by atoms with Gasteiger partial charge in [0.15, 0.2) is 5.65 Å². The number of carbonyl (C=O) groups is 1. The van der Waals surface area contributed by atoms with Gasteiger partial charge in [0.2, 0.25) is 0 Å². The first-order valence-electron chi connectivity index (χ1n) is 10.3. The van der Waals surface area contributed by atoms with Crippen LogP contribution in [0, 0.1) is 12.7 Å². The molecule has 1 aliphatic rings. The number of fused-ring (bicyclic) bond motifs is 1. The summed E-state index contributed by atoms with van der Waals surface area (Å²) in [6, 6.07) is 13.2. The van der Waals surface area contributed by atoms with Gasteiger partial charge in [0.05, 0.1) is 27.9 Å². The number of benzene rings is 2. The second kappa shape index (κ2) is 8.20. The molecule has 0 aliphatic carbocycles. The Balaban J connectivity index is 1.41. The first-order chi connectivity index (χ1) is 15.5. The number of hydrogen-bond acceptors (Lipinski definition) is 5. The molecule has 1 amide bonds. The molecule has 0 atom stereocenters. The lowest BCUT2D eigenvalue weighted by molar-refractivity contribution is 0.0747. The smallest absolute Gasteiger partial charge is 0.255 e. The highest BCUT2D eigenvalue weighted by Gasteiger charge is 2.26. The van der Waals surface area contributed by atoms with E-state index in [0.717, 1.165) is 16.9 Å². The van der Waals surface area contributed by atoms with Crippen LogP contribution in [0.25, 0.3) is 16.7 Å². The molecule has 0 N–H and O–H groups in total. The monoisotopic (exact) mass is 450 g/mol. The quantitative estimate of drug-likeness (QED) is 0.474. The molecule has 0 spiro atoms. The van der Waals surface area contributed by atoms with Gasteiger partial charge in [0.1, 0.15) is 17.5 Å². The van der Waals surface area contributed by atoms with E-state index in [1.165, 1.54) is 12.1 Å². The molecule has 2 aromatic heterocycles. The summed E-state index contributed by atoms with van der Waals surface area (Å²) >= 11 is 6.20. The minimum Gasteiger partial charge on any atom is -0.352 e. The molecule has 32 heavy (non-hydrogen) atoms. The molecule has 1 saturated heterocycles. The molecule has 7 nitrogen and oxygen atoms in total. The van der Waals surface area contributed by atoms with E-state index >= 15 is 0 Å². The van der Waals surface area contributed by atoms with E-state index < -0.39 is 0 Å². The van der Waals surface area contributed by atoms with Crippen LogP contribution in [-0.4, -0.2) is 56.7 Å². The molecule has 2 aromatic carbocycles.